The fraction of sp³-hybridized carbons (Fsp3) is 0.318. The van der Waals surface area contributed by atoms with Crippen LogP contribution >= 0.6 is 11.6 Å². The molecule has 30 heavy (non-hydrogen) atoms. The summed E-state index contributed by atoms with van der Waals surface area (Å²) in [6.07, 6.45) is 1.54. The summed E-state index contributed by atoms with van der Waals surface area (Å²) < 4.78 is 16.3. The zero-order valence-corrected chi connectivity index (χ0v) is 17.3. The molecule has 0 bridgehead atoms. The van der Waals surface area contributed by atoms with Crippen LogP contribution in [0.4, 0.5) is 0 Å². The number of methoxy groups -OCH3 is 1. The number of ether oxygens (including phenoxy) is 2. The number of hydrogen-bond acceptors (Lipinski definition) is 6. The number of rotatable bonds is 6. The van der Waals surface area contributed by atoms with E-state index in [0.29, 0.717) is 35.6 Å². The van der Waals surface area contributed by atoms with Crippen molar-refractivity contribution >= 4 is 17.5 Å². The summed E-state index contributed by atoms with van der Waals surface area (Å²) >= 11 is 5.86. The molecule has 1 fully saturated rings. The first-order valence-electron chi connectivity index (χ1n) is 9.76. The number of halogens is 1. The SMILES string of the molecule is COc1cccc(-c2noc(C3CCN(C(=O)COc4ccc(Cl)cc4)CC3)n2)c1. The highest BCUT2D eigenvalue weighted by atomic mass is 35.5. The quantitative estimate of drug-likeness (QED) is 0.587. The van der Waals surface area contributed by atoms with Crippen LogP contribution in [0.2, 0.25) is 5.02 Å². The van der Waals surface area contributed by atoms with E-state index in [1.165, 1.54) is 0 Å². The van der Waals surface area contributed by atoms with Crippen LogP contribution in [0.15, 0.2) is 53.1 Å². The zero-order valence-electron chi connectivity index (χ0n) is 16.6. The van der Waals surface area contributed by atoms with Gasteiger partial charge in [-0.25, -0.2) is 0 Å². The van der Waals surface area contributed by atoms with Gasteiger partial charge in [-0.2, -0.15) is 4.98 Å². The average molecular weight is 428 g/mol. The van der Waals surface area contributed by atoms with Gasteiger partial charge in [0.15, 0.2) is 6.61 Å². The number of nitrogens with zero attached hydrogens (tertiary/aromatic N) is 3. The molecule has 1 aliphatic heterocycles. The van der Waals surface area contributed by atoms with Gasteiger partial charge in [0, 0.05) is 29.6 Å². The number of amides is 1. The van der Waals surface area contributed by atoms with Gasteiger partial charge in [0.1, 0.15) is 11.5 Å². The van der Waals surface area contributed by atoms with Crippen LogP contribution in [0.3, 0.4) is 0 Å². The molecule has 3 aromatic rings. The summed E-state index contributed by atoms with van der Waals surface area (Å²) in [5.74, 6) is 2.62. The summed E-state index contributed by atoms with van der Waals surface area (Å²) in [5.41, 5.74) is 0.844. The number of aromatic nitrogens is 2. The number of benzene rings is 2. The lowest BCUT2D eigenvalue weighted by atomic mass is 9.97. The summed E-state index contributed by atoms with van der Waals surface area (Å²) in [7, 11) is 1.62. The molecule has 0 spiro atoms. The Morgan fingerprint density at radius 1 is 1.17 bits per heavy atom. The standard InChI is InChI=1S/C22H22ClN3O4/c1-28-19-4-2-3-16(13-19)21-24-22(30-25-21)15-9-11-26(12-10-15)20(27)14-29-18-7-5-17(23)6-8-18/h2-8,13,15H,9-12,14H2,1H3. The Bertz CT molecular complexity index is 998. The number of carbonyl (C=O) groups is 1. The van der Waals surface area contributed by atoms with Gasteiger partial charge < -0.3 is 18.9 Å². The minimum Gasteiger partial charge on any atom is -0.497 e. The lowest BCUT2D eigenvalue weighted by molar-refractivity contribution is -0.134. The predicted octanol–water partition coefficient (Wildman–Crippen LogP) is 4.18. The molecule has 7 nitrogen and oxygen atoms in total. The van der Waals surface area contributed by atoms with E-state index >= 15 is 0 Å². The first-order chi connectivity index (χ1) is 14.6. The molecule has 0 aliphatic carbocycles. The number of hydrogen-bond donors (Lipinski definition) is 0. The Labute approximate surface area is 179 Å². The molecule has 0 saturated carbocycles. The Morgan fingerprint density at radius 2 is 1.93 bits per heavy atom. The van der Waals surface area contributed by atoms with Crippen LogP contribution in [-0.4, -0.2) is 47.8 Å². The number of likely N-dealkylation sites (tertiary alicyclic amines) is 1. The van der Waals surface area contributed by atoms with Gasteiger partial charge in [0.25, 0.3) is 5.91 Å². The molecule has 1 saturated heterocycles. The van der Waals surface area contributed by atoms with Crippen LogP contribution in [0.25, 0.3) is 11.4 Å². The van der Waals surface area contributed by atoms with E-state index in [2.05, 4.69) is 10.1 Å². The minimum atomic E-state index is -0.0361. The molecule has 2 aromatic carbocycles. The van der Waals surface area contributed by atoms with E-state index < -0.39 is 0 Å². The second kappa shape index (κ2) is 9.17. The number of carbonyl (C=O) groups excluding carboxylic acids is 1. The molecule has 2 heterocycles. The van der Waals surface area contributed by atoms with E-state index in [1.54, 1.807) is 31.4 Å². The second-order valence-electron chi connectivity index (χ2n) is 7.09. The summed E-state index contributed by atoms with van der Waals surface area (Å²) in [4.78, 5) is 18.8. The second-order valence-corrected chi connectivity index (χ2v) is 7.52. The zero-order chi connectivity index (χ0) is 20.9. The van der Waals surface area contributed by atoms with E-state index in [1.807, 2.05) is 29.2 Å². The minimum absolute atomic E-state index is 0.00679. The molecule has 4 rings (SSSR count). The molecule has 0 atom stereocenters. The lowest BCUT2D eigenvalue weighted by Crippen LogP contribution is -2.40. The molecule has 1 aliphatic rings. The Morgan fingerprint density at radius 3 is 2.67 bits per heavy atom. The van der Waals surface area contributed by atoms with Crippen LogP contribution in [0.1, 0.15) is 24.7 Å². The van der Waals surface area contributed by atoms with Crippen molar-refractivity contribution < 1.29 is 18.8 Å². The fourth-order valence-electron chi connectivity index (χ4n) is 3.42. The summed E-state index contributed by atoms with van der Waals surface area (Å²) in [5, 5.41) is 4.74. The third-order valence-corrected chi connectivity index (χ3v) is 5.39. The largest absolute Gasteiger partial charge is 0.497 e. The van der Waals surface area contributed by atoms with E-state index in [-0.39, 0.29) is 18.4 Å². The highest BCUT2D eigenvalue weighted by molar-refractivity contribution is 6.30. The first-order valence-corrected chi connectivity index (χ1v) is 10.1. The van der Waals surface area contributed by atoms with E-state index in [0.717, 1.165) is 24.2 Å². The van der Waals surface area contributed by atoms with Crippen molar-refractivity contribution in [3.05, 3.63) is 59.4 Å². The van der Waals surface area contributed by atoms with Crippen LogP contribution in [-0.2, 0) is 4.79 Å². The third kappa shape index (κ3) is 4.74. The van der Waals surface area contributed by atoms with Crippen molar-refractivity contribution in [2.24, 2.45) is 0 Å². The Balaban J connectivity index is 1.30. The molecule has 1 amide bonds. The lowest BCUT2D eigenvalue weighted by Gasteiger charge is -2.30. The van der Waals surface area contributed by atoms with Crippen molar-refractivity contribution in [3.63, 3.8) is 0 Å². The van der Waals surface area contributed by atoms with Gasteiger partial charge in [-0.05, 0) is 49.2 Å². The van der Waals surface area contributed by atoms with Gasteiger partial charge in [-0.15, -0.1) is 0 Å². The molecule has 156 valence electrons. The van der Waals surface area contributed by atoms with E-state index in [9.17, 15) is 4.79 Å². The maximum Gasteiger partial charge on any atom is 0.260 e. The van der Waals surface area contributed by atoms with Crippen molar-refractivity contribution in [2.45, 2.75) is 18.8 Å². The van der Waals surface area contributed by atoms with Crippen LogP contribution in [0, 0.1) is 0 Å². The predicted molar refractivity (Wildman–Crippen MR) is 112 cm³/mol. The van der Waals surface area contributed by atoms with Crippen molar-refractivity contribution in [1.82, 2.24) is 15.0 Å². The molecule has 1 aromatic heterocycles. The highest BCUT2D eigenvalue weighted by Crippen LogP contribution is 2.29. The van der Waals surface area contributed by atoms with Gasteiger partial charge in [-0.1, -0.05) is 28.9 Å². The smallest absolute Gasteiger partial charge is 0.260 e. The maximum atomic E-state index is 12.4. The highest BCUT2D eigenvalue weighted by Gasteiger charge is 2.28. The maximum absolute atomic E-state index is 12.4. The topological polar surface area (TPSA) is 77.7 Å². The average Bonchev–Trinajstić information content (AvgIpc) is 3.29. The van der Waals surface area contributed by atoms with Gasteiger partial charge >= 0.3 is 0 Å². The van der Waals surface area contributed by atoms with Gasteiger partial charge in [0.05, 0.1) is 7.11 Å². The third-order valence-electron chi connectivity index (χ3n) is 5.14. The molecule has 0 N–H and O–H groups in total. The molecular formula is C22H22ClN3O4. The normalized spacial score (nSPS) is 14.5. The summed E-state index contributed by atoms with van der Waals surface area (Å²) in [6, 6.07) is 14.5. The first kappa shape index (κ1) is 20.2. The molecular weight excluding hydrogens is 406 g/mol. The Hall–Kier alpha value is -3.06. The van der Waals surface area contributed by atoms with Crippen molar-refractivity contribution in [2.75, 3.05) is 26.8 Å². The summed E-state index contributed by atoms with van der Waals surface area (Å²) in [6.45, 7) is 1.27. The van der Waals surface area contributed by atoms with Crippen LogP contribution in [0.5, 0.6) is 11.5 Å². The van der Waals surface area contributed by atoms with Crippen molar-refractivity contribution in [1.29, 1.82) is 0 Å². The van der Waals surface area contributed by atoms with Crippen LogP contribution < -0.4 is 9.47 Å². The monoisotopic (exact) mass is 427 g/mol. The molecule has 0 radical (unpaired) electrons. The van der Waals surface area contributed by atoms with Gasteiger partial charge in [0.2, 0.25) is 11.7 Å². The van der Waals surface area contributed by atoms with E-state index in [4.69, 9.17) is 25.6 Å². The molecule has 8 heteroatoms. The fourth-order valence-corrected chi connectivity index (χ4v) is 3.55. The van der Waals surface area contributed by atoms with Crippen molar-refractivity contribution in [3.8, 4) is 22.9 Å². The Kier molecular flexibility index (Phi) is 6.18. The number of piperidine rings is 1. The van der Waals surface area contributed by atoms with Gasteiger partial charge in [-0.3, -0.25) is 4.79 Å². The molecule has 0 unspecified atom stereocenters.